The zero-order chi connectivity index (χ0) is 12.7. The normalized spacial score (nSPS) is 14.3. The smallest absolute Gasteiger partial charge is 0.254 e. The average Bonchev–Trinajstić information content (AvgIpc) is 2.59. The lowest BCUT2D eigenvalue weighted by molar-refractivity contribution is 0.277. The fraction of sp³-hybridized carbons (Fsp3) is 0.333. The largest absolute Gasteiger partial charge is 0.508 e. The fourth-order valence-corrected chi connectivity index (χ4v) is 1.20. The van der Waals surface area contributed by atoms with E-state index in [-0.39, 0.29) is 5.76 Å². The molecule has 0 spiro atoms. The summed E-state index contributed by atoms with van der Waals surface area (Å²) in [5.74, 6) is 1.36. The number of allylic oxidation sites excluding steroid dienone is 5. The van der Waals surface area contributed by atoms with Gasteiger partial charge in [-0.25, -0.2) is 0 Å². The van der Waals surface area contributed by atoms with Crippen LogP contribution < -0.4 is 0 Å². The van der Waals surface area contributed by atoms with Crippen molar-refractivity contribution in [3.05, 3.63) is 41.8 Å². The highest BCUT2D eigenvalue weighted by molar-refractivity contribution is 5.63. The van der Waals surface area contributed by atoms with E-state index >= 15 is 0 Å². The molecule has 0 atom stereocenters. The van der Waals surface area contributed by atoms with E-state index in [1.807, 2.05) is 6.08 Å². The van der Waals surface area contributed by atoms with E-state index < -0.39 is 0 Å². The molecule has 0 aromatic carbocycles. The first kappa shape index (κ1) is 13.2. The predicted molar refractivity (Wildman–Crippen MR) is 64.4 cm³/mol. The van der Waals surface area contributed by atoms with Crippen LogP contribution in [0.3, 0.4) is 0 Å². The van der Waals surface area contributed by atoms with Gasteiger partial charge in [-0.1, -0.05) is 11.2 Å². The van der Waals surface area contributed by atoms with Crippen molar-refractivity contribution in [2.75, 3.05) is 14.2 Å². The van der Waals surface area contributed by atoms with Crippen LogP contribution in [-0.4, -0.2) is 29.5 Å². The molecule has 0 bridgehead atoms. The molecule has 0 saturated heterocycles. The summed E-state index contributed by atoms with van der Waals surface area (Å²) >= 11 is 0. The van der Waals surface area contributed by atoms with E-state index in [1.54, 1.807) is 39.4 Å². The number of methoxy groups -OCH3 is 1. The van der Waals surface area contributed by atoms with Crippen molar-refractivity contribution >= 4 is 5.57 Å². The summed E-state index contributed by atoms with van der Waals surface area (Å²) in [6.45, 7) is 1.77. The molecule has 1 aliphatic carbocycles. The number of hydrogen-bond donors (Lipinski definition) is 1. The summed E-state index contributed by atoms with van der Waals surface area (Å²) in [6.07, 6.45) is 7.57. The molecule has 1 aromatic heterocycles. The third-order valence-corrected chi connectivity index (χ3v) is 1.88. The lowest BCUT2D eigenvalue weighted by atomic mass is 10.2. The van der Waals surface area contributed by atoms with Crippen LogP contribution in [0.2, 0.25) is 0 Å². The molecular formula is C12H16N2O3. The summed E-state index contributed by atoms with van der Waals surface area (Å²) in [4.78, 5) is 4.11. The van der Waals surface area contributed by atoms with Gasteiger partial charge >= 0.3 is 0 Å². The van der Waals surface area contributed by atoms with Gasteiger partial charge in [0.05, 0.1) is 0 Å². The Labute approximate surface area is 100 Å². The lowest BCUT2D eigenvalue weighted by Gasteiger charge is -1.93. The monoisotopic (exact) mass is 236 g/mol. The van der Waals surface area contributed by atoms with E-state index in [0.717, 1.165) is 5.57 Å². The van der Waals surface area contributed by atoms with Gasteiger partial charge in [0, 0.05) is 19.8 Å². The Morgan fingerprint density at radius 3 is 2.65 bits per heavy atom. The van der Waals surface area contributed by atoms with Gasteiger partial charge in [-0.3, -0.25) is 0 Å². The van der Waals surface area contributed by atoms with E-state index in [2.05, 4.69) is 14.9 Å². The highest BCUT2D eigenvalue weighted by Gasteiger charge is 2.08. The highest BCUT2D eigenvalue weighted by Crippen LogP contribution is 2.19. The number of aromatic nitrogens is 2. The standard InChI is InChI=1S/C10H10N2O2.C2H6O/c1-7-11-10(14-12-7)8-3-2-4-9(13)6-5-8;1-3-2/h2,4-6,13H,3H2,1H3;1-2H3. The topological polar surface area (TPSA) is 68.4 Å². The van der Waals surface area contributed by atoms with Gasteiger partial charge in [0.25, 0.3) is 5.89 Å². The summed E-state index contributed by atoms with van der Waals surface area (Å²) in [7, 11) is 3.25. The Bertz CT molecular complexity index is 444. The highest BCUT2D eigenvalue weighted by atomic mass is 16.5. The van der Waals surface area contributed by atoms with Crippen LogP contribution in [0.4, 0.5) is 0 Å². The molecule has 5 nitrogen and oxygen atoms in total. The second-order valence-electron chi connectivity index (χ2n) is 3.44. The predicted octanol–water partition coefficient (Wildman–Crippen LogP) is 2.43. The van der Waals surface area contributed by atoms with Crippen LogP contribution in [0.5, 0.6) is 0 Å². The molecule has 1 N–H and O–H groups in total. The van der Waals surface area contributed by atoms with E-state index in [9.17, 15) is 5.11 Å². The molecule has 92 valence electrons. The molecule has 1 aromatic rings. The molecule has 17 heavy (non-hydrogen) atoms. The Morgan fingerprint density at radius 2 is 2.06 bits per heavy atom. The molecular weight excluding hydrogens is 220 g/mol. The van der Waals surface area contributed by atoms with Gasteiger partial charge < -0.3 is 14.4 Å². The zero-order valence-corrected chi connectivity index (χ0v) is 10.2. The van der Waals surface area contributed by atoms with Crippen molar-refractivity contribution in [2.24, 2.45) is 0 Å². The van der Waals surface area contributed by atoms with E-state index in [4.69, 9.17) is 4.52 Å². The van der Waals surface area contributed by atoms with Gasteiger partial charge in [-0.2, -0.15) is 4.98 Å². The summed E-state index contributed by atoms with van der Waals surface area (Å²) in [5.41, 5.74) is 0.908. The first-order valence-corrected chi connectivity index (χ1v) is 5.14. The minimum atomic E-state index is 0.233. The second-order valence-corrected chi connectivity index (χ2v) is 3.44. The Morgan fingerprint density at radius 1 is 1.35 bits per heavy atom. The summed E-state index contributed by atoms with van der Waals surface area (Å²) in [6, 6.07) is 0. The van der Waals surface area contributed by atoms with Crippen molar-refractivity contribution in [3.63, 3.8) is 0 Å². The van der Waals surface area contributed by atoms with Gasteiger partial charge in [0.15, 0.2) is 5.82 Å². The van der Waals surface area contributed by atoms with Crippen molar-refractivity contribution in [1.82, 2.24) is 10.1 Å². The quantitative estimate of drug-likeness (QED) is 0.811. The molecule has 0 aliphatic heterocycles. The van der Waals surface area contributed by atoms with Crippen LogP contribution in [0, 0.1) is 6.92 Å². The number of aryl methyl sites for hydroxylation is 1. The molecule has 5 heteroatoms. The minimum absolute atomic E-state index is 0.233. The maximum Gasteiger partial charge on any atom is 0.254 e. The van der Waals surface area contributed by atoms with Gasteiger partial charge in [0.1, 0.15) is 5.76 Å². The maximum absolute atomic E-state index is 9.22. The number of aliphatic hydroxyl groups excluding tert-OH is 1. The average molecular weight is 236 g/mol. The van der Waals surface area contributed by atoms with Crippen molar-refractivity contribution in [3.8, 4) is 0 Å². The van der Waals surface area contributed by atoms with Crippen LogP contribution in [0.15, 0.2) is 34.6 Å². The van der Waals surface area contributed by atoms with Gasteiger partial charge in [-0.15, -0.1) is 0 Å². The van der Waals surface area contributed by atoms with Crippen LogP contribution in [0.25, 0.3) is 5.57 Å². The molecule has 0 radical (unpaired) electrons. The molecule has 0 saturated carbocycles. The maximum atomic E-state index is 9.22. The van der Waals surface area contributed by atoms with E-state index in [1.165, 1.54) is 0 Å². The Hall–Kier alpha value is -1.88. The third kappa shape index (κ3) is 4.24. The Kier molecular flexibility index (Phi) is 5.16. The molecule has 0 fully saturated rings. The van der Waals surface area contributed by atoms with E-state index in [0.29, 0.717) is 18.1 Å². The molecule has 1 aliphatic rings. The van der Waals surface area contributed by atoms with Crippen molar-refractivity contribution in [1.29, 1.82) is 0 Å². The first-order valence-electron chi connectivity index (χ1n) is 5.14. The van der Waals surface area contributed by atoms with Crippen molar-refractivity contribution in [2.45, 2.75) is 13.3 Å². The SMILES string of the molecule is COC.Cc1noc(C2=CC=C(O)C=CC2)n1. The minimum Gasteiger partial charge on any atom is -0.508 e. The molecule has 1 heterocycles. The number of hydrogen-bond acceptors (Lipinski definition) is 5. The number of nitrogens with zero attached hydrogens (tertiary/aromatic N) is 2. The summed E-state index contributed by atoms with van der Waals surface area (Å²) < 4.78 is 9.27. The third-order valence-electron chi connectivity index (χ3n) is 1.88. The molecule has 0 amide bonds. The first-order chi connectivity index (χ1) is 8.17. The number of rotatable bonds is 1. The van der Waals surface area contributed by atoms with Crippen molar-refractivity contribution < 1.29 is 14.4 Å². The Balaban J connectivity index is 0.000000437. The van der Waals surface area contributed by atoms with Gasteiger partial charge in [-0.05, 0) is 31.6 Å². The summed E-state index contributed by atoms with van der Waals surface area (Å²) in [5, 5.41) is 12.9. The van der Waals surface area contributed by atoms with Gasteiger partial charge in [0.2, 0.25) is 0 Å². The van der Waals surface area contributed by atoms with Crippen LogP contribution in [0.1, 0.15) is 18.1 Å². The lowest BCUT2D eigenvalue weighted by Crippen LogP contribution is -1.82. The number of aliphatic hydroxyl groups is 1. The van der Waals surface area contributed by atoms with Crippen LogP contribution in [-0.2, 0) is 4.74 Å². The zero-order valence-electron chi connectivity index (χ0n) is 10.2. The molecule has 2 rings (SSSR count). The molecule has 0 unspecified atom stereocenters. The number of ether oxygens (including phenoxy) is 1. The fourth-order valence-electron chi connectivity index (χ4n) is 1.20. The second kappa shape index (κ2) is 6.65. The van der Waals surface area contributed by atoms with Crippen LogP contribution >= 0.6 is 0 Å².